The van der Waals surface area contributed by atoms with E-state index in [1.165, 1.54) is 0 Å². The van der Waals surface area contributed by atoms with Crippen molar-refractivity contribution in [3.05, 3.63) is 0 Å². The molecule has 0 amide bonds. The molecule has 0 aromatic rings. The van der Waals surface area contributed by atoms with Gasteiger partial charge in [-0.05, 0) is 26.3 Å². The zero-order valence-electron chi connectivity index (χ0n) is 13.4. The summed E-state index contributed by atoms with van der Waals surface area (Å²) in [6.45, 7) is 19.6. The van der Waals surface area contributed by atoms with Crippen molar-refractivity contribution < 1.29 is 4.79 Å². The Hall–Kier alpha value is -0.370. The molecule has 0 aromatic heterocycles. The van der Waals surface area contributed by atoms with Crippen molar-refractivity contribution >= 4 is 5.78 Å². The van der Waals surface area contributed by atoms with Crippen LogP contribution in [0.4, 0.5) is 0 Å². The second kappa shape index (κ2) is 9.64. The Labute approximate surface area is 109 Å². The van der Waals surface area contributed by atoms with Crippen LogP contribution in [-0.2, 0) is 4.79 Å². The van der Waals surface area contributed by atoms with Crippen LogP contribution in [0.5, 0.6) is 0 Å². The molecular weight excluding hydrogens is 210 g/mol. The molecule has 0 aliphatic heterocycles. The maximum absolute atomic E-state index is 12.1. The number of rotatable bonds is 6. The highest BCUT2D eigenvalue weighted by molar-refractivity contribution is 5.86. The largest absolute Gasteiger partial charge is 0.298 e. The molecule has 0 heterocycles. The Morgan fingerprint density at radius 3 is 1.59 bits per heavy atom. The molecular formula is C15H33NO. The van der Waals surface area contributed by atoms with Gasteiger partial charge in [0.15, 0.2) is 5.78 Å². The van der Waals surface area contributed by atoms with Crippen LogP contribution in [0.3, 0.4) is 0 Å². The number of nitrogens with zero attached hydrogens (tertiary/aromatic N) is 1. The van der Waals surface area contributed by atoms with E-state index in [9.17, 15) is 4.79 Å². The van der Waals surface area contributed by atoms with Crippen molar-refractivity contribution in [2.75, 3.05) is 6.54 Å². The van der Waals surface area contributed by atoms with Gasteiger partial charge in [0.1, 0.15) is 0 Å². The van der Waals surface area contributed by atoms with E-state index in [0.29, 0.717) is 17.7 Å². The lowest BCUT2D eigenvalue weighted by atomic mass is 9.91. The molecule has 17 heavy (non-hydrogen) atoms. The number of Topliss-reactive ketones (excluding diaryl/α,β-unsaturated/α-hetero) is 1. The van der Waals surface area contributed by atoms with Crippen LogP contribution >= 0.6 is 0 Å². The van der Waals surface area contributed by atoms with Gasteiger partial charge < -0.3 is 0 Å². The highest BCUT2D eigenvalue weighted by Crippen LogP contribution is 2.18. The van der Waals surface area contributed by atoms with E-state index >= 15 is 0 Å². The molecule has 0 N–H and O–H groups in total. The molecule has 0 bridgehead atoms. The molecule has 1 unspecified atom stereocenters. The smallest absolute Gasteiger partial charge is 0.152 e. The molecule has 0 aliphatic rings. The fourth-order valence-electron chi connectivity index (χ4n) is 2.10. The van der Waals surface area contributed by atoms with E-state index in [-0.39, 0.29) is 12.0 Å². The zero-order valence-corrected chi connectivity index (χ0v) is 13.4. The summed E-state index contributed by atoms with van der Waals surface area (Å²) in [6, 6.07) is 0.514. The molecule has 0 saturated carbocycles. The van der Waals surface area contributed by atoms with Crippen LogP contribution in [0, 0.1) is 11.8 Å². The summed E-state index contributed by atoms with van der Waals surface area (Å²) in [5.74, 6) is 0.896. The van der Waals surface area contributed by atoms with Crippen molar-refractivity contribution in [2.45, 2.75) is 74.4 Å². The first-order valence-corrected chi connectivity index (χ1v) is 7.12. The number of likely N-dealkylation sites (N-methyl/N-ethyl adjacent to an activating group) is 1. The first-order chi connectivity index (χ1) is 7.82. The predicted octanol–water partition coefficient (Wildman–Crippen LogP) is 3.99. The van der Waals surface area contributed by atoms with Crippen LogP contribution in [0.2, 0.25) is 0 Å². The molecule has 0 rings (SSSR count). The third-order valence-corrected chi connectivity index (χ3v) is 2.88. The fraction of sp³-hybridized carbons (Fsp3) is 0.933. The van der Waals surface area contributed by atoms with Gasteiger partial charge in [0, 0.05) is 12.0 Å². The zero-order chi connectivity index (χ0) is 14.2. The lowest BCUT2D eigenvalue weighted by molar-refractivity contribution is -0.129. The summed E-state index contributed by atoms with van der Waals surface area (Å²) in [4.78, 5) is 14.4. The minimum atomic E-state index is 0.0787. The Balaban J connectivity index is 0. The first-order valence-electron chi connectivity index (χ1n) is 7.12. The van der Waals surface area contributed by atoms with Crippen LogP contribution in [0.25, 0.3) is 0 Å². The van der Waals surface area contributed by atoms with Crippen molar-refractivity contribution in [2.24, 2.45) is 11.8 Å². The predicted molar refractivity (Wildman–Crippen MR) is 77.3 cm³/mol. The summed E-state index contributed by atoms with van der Waals surface area (Å²) in [6.07, 6.45) is 0. The lowest BCUT2D eigenvalue weighted by Gasteiger charge is -2.36. The van der Waals surface area contributed by atoms with Gasteiger partial charge in [0.05, 0.1) is 6.04 Å². The van der Waals surface area contributed by atoms with Gasteiger partial charge in [-0.2, -0.15) is 0 Å². The minimum Gasteiger partial charge on any atom is -0.298 e. The van der Waals surface area contributed by atoms with E-state index < -0.39 is 0 Å². The second-order valence-electron chi connectivity index (χ2n) is 5.17. The van der Waals surface area contributed by atoms with Crippen molar-refractivity contribution in [3.8, 4) is 0 Å². The molecule has 2 heteroatoms. The normalized spacial score (nSPS) is 13.0. The third kappa shape index (κ3) is 6.21. The molecule has 1 atom stereocenters. The van der Waals surface area contributed by atoms with E-state index in [1.54, 1.807) is 0 Å². The van der Waals surface area contributed by atoms with Gasteiger partial charge in [-0.15, -0.1) is 0 Å². The first kappa shape index (κ1) is 19.0. The minimum absolute atomic E-state index is 0.0787. The van der Waals surface area contributed by atoms with Gasteiger partial charge >= 0.3 is 0 Å². The Bertz CT molecular complexity index is 197. The molecule has 0 saturated heterocycles. The van der Waals surface area contributed by atoms with Gasteiger partial charge in [0.25, 0.3) is 0 Å². The molecule has 0 aliphatic carbocycles. The average molecular weight is 243 g/mol. The van der Waals surface area contributed by atoms with Crippen LogP contribution in [0.15, 0.2) is 0 Å². The maximum atomic E-state index is 12.1. The third-order valence-electron chi connectivity index (χ3n) is 2.88. The summed E-state index contributed by atoms with van der Waals surface area (Å²) in [5.41, 5.74) is 0. The Morgan fingerprint density at radius 1 is 1.00 bits per heavy atom. The number of hydrogen-bond donors (Lipinski definition) is 0. The summed E-state index contributed by atoms with van der Waals surface area (Å²) >= 11 is 0. The lowest BCUT2D eigenvalue weighted by Crippen LogP contribution is -2.49. The standard InChI is InChI=1S/C13H27NO.C2H6/c1-8-14(11(6)7)12(9(2)3)13(15)10(4)5;1-2/h9-12H,8H2,1-7H3;1-2H3. The van der Waals surface area contributed by atoms with E-state index in [0.717, 1.165) is 6.54 Å². The molecule has 0 spiro atoms. The van der Waals surface area contributed by atoms with E-state index in [4.69, 9.17) is 0 Å². The highest BCUT2D eigenvalue weighted by atomic mass is 16.1. The highest BCUT2D eigenvalue weighted by Gasteiger charge is 2.30. The van der Waals surface area contributed by atoms with Gasteiger partial charge in [-0.25, -0.2) is 0 Å². The summed E-state index contributed by atoms with van der Waals surface area (Å²) < 4.78 is 0. The van der Waals surface area contributed by atoms with Crippen molar-refractivity contribution in [3.63, 3.8) is 0 Å². The monoisotopic (exact) mass is 243 g/mol. The molecule has 0 aromatic carbocycles. The summed E-state index contributed by atoms with van der Waals surface area (Å²) in [7, 11) is 0. The number of carbonyl (C=O) groups is 1. The Morgan fingerprint density at radius 2 is 1.41 bits per heavy atom. The summed E-state index contributed by atoms with van der Waals surface area (Å²) in [5, 5.41) is 0. The van der Waals surface area contributed by atoms with Gasteiger partial charge in [0.2, 0.25) is 0 Å². The molecule has 2 nitrogen and oxygen atoms in total. The molecule has 0 fully saturated rings. The topological polar surface area (TPSA) is 20.3 Å². The van der Waals surface area contributed by atoms with E-state index in [1.807, 2.05) is 27.7 Å². The van der Waals surface area contributed by atoms with Crippen molar-refractivity contribution in [1.82, 2.24) is 4.90 Å². The van der Waals surface area contributed by atoms with Crippen LogP contribution in [0.1, 0.15) is 62.3 Å². The second-order valence-corrected chi connectivity index (χ2v) is 5.17. The SMILES string of the molecule is CC.CCN(C(C)C)C(C(=O)C(C)C)C(C)C. The quantitative estimate of drug-likeness (QED) is 0.703. The van der Waals surface area contributed by atoms with Crippen molar-refractivity contribution in [1.29, 1.82) is 0 Å². The average Bonchev–Trinajstić information content (AvgIpc) is 2.26. The van der Waals surface area contributed by atoms with Crippen LogP contribution < -0.4 is 0 Å². The number of ketones is 1. The maximum Gasteiger partial charge on any atom is 0.152 e. The fourth-order valence-corrected chi connectivity index (χ4v) is 2.10. The van der Waals surface area contributed by atoms with E-state index in [2.05, 4.69) is 39.5 Å². The number of carbonyl (C=O) groups excluding carboxylic acids is 1. The molecule has 104 valence electrons. The number of hydrogen-bond acceptors (Lipinski definition) is 2. The van der Waals surface area contributed by atoms with Gasteiger partial charge in [-0.1, -0.05) is 48.5 Å². The Kier molecular flexibility index (Phi) is 10.8. The van der Waals surface area contributed by atoms with Crippen LogP contribution in [-0.4, -0.2) is 29.3 Å². The molecule has 0 radical (unpaired) electrons. The van der Waals surface area contributed by atoms with Gasteiger partial charge in [-0.3, -0.25) is 9.69 Å².